The van der Waals surface area contributed by atoms with Crippen molar-refractivity contribution in [1.82, 2.24) is 15.1 Å². The number of methoxy groups -OCH3 is 1. The maximum Gasteiger partial charge on any atom is 0.275 e. The van der Waals surface area contributed by atoms with Crippen LogP contribution < -0.4 is 15.6 Å². The van der Waals surface area contributed by atoms with Gasteiger partial charge in [0.15, 0.2) is 0 Å². The van der Waals surface area contributed by atoms with E-state index in [0.29, 0.717) is 28.7 Å². The lowest BCUT2D eigenvalue weighted by molar-refractivity contribution is 0.409. The van der Waals surface area contributed by atoms with Crippen molar-refractivity contribution in [1.29, 1.82) is 0 Å². The van der Waals surface area contributed by atoms with Crippen molar-refractivity contribution >= 4 is 11.6 Å². The fourth-order valence-electron chi connectivity index (χ4n) is 1.85. The van der Waals surface area contributed by atoms with Crippen molar-refractivity contribution in [2.45, 2.75) is 13.5 Å². The first kappa shape index (κ1) is 15.3. The second-order valence-electron chi connectivity index (χ2n) is 4.32. The van der Waals surface area contributed by atoms with Crippen LogP contribution in [-0.4, -0.2) is 28.5 Å². The van der Waals surface area contributed by atoms with E-state index in [1.54, 1.807) is 18.2 Å². The predicted octanol–water partition coefficient (Wildman–Crippen LogP) is 1.71. The van der Waals surface area contributed by atoms with E-state index in [9.17, 15) is 9.90 Å². The molecule has 0 saturated carbocycles. The summed E-state index contributed by atoms with van der Waals surface area (Å²) in [7, 11) is 1.50. The minimum absolute atomic E-state index is 0.141. The molecule has 0 aliphatic heterocycles. The van der Waals surface area contributed by atoms with Gasteiger partial charge in [0.05, 0.1) is 7.11 Å². The van der Waals surface area contributed by atoms with Crippen molar-refractivity contribution in [2.75, 3.05) is 13.7 Å². The number of hydrogen-bond donors (Lipinski definition) is 2. The SMILES string of the molecule is CCNCc1nn(-c2cc(Cl)ccc2OC)c(=O)cc1O. The Labute approximate surface area is 126 Å². The van der Waals surface area contributed by atoms with E-state index < -0.39 is 5.56 Å². The molecule has 2 N–H and O–H groups in total. The summed E-state index contributed by atoms with van der Waals surface area (Å²) < 4.78 is 6.39. The van der Waals surface area contributed by atoms with Crippen molar-refractivity contribution < 1.29 is 9.84 Å². The molecule has 0 bridgehead atoms. The molecule has 2 rings (SSSR count). The van der Waals surface area contributed by atoms with Gasteiger partial charge in [0, 0.05) is 17.6 Å². The Bertz CT molecular complexity index is 700. The third-order valence-electron chi connectivity index (χ3n) is 2.90. The molecule has 7 heteroatoms. The quantitative estimate of drug-likeness (QED) is 0.879. The maximum absolute atomic E-state index is 12.1. The summed E-state index contributed by atoms with van der Waals surface area (Å²) in [5, 5.41) is 17.5. The number of aromatic nitrogens is 2. The molecule has 1 aromatic heterocycles. The van der Waals surface area contributed by atoms with Gasteiger partial charge in [-0.25, -0.2) is 0 Å². The summed E-state index contributed by atoms with van der Waals surface area (Å²) >= 11 is 5.97. The number of nitrogens with zero attached hydrogens (tertiary/aromatic N) is 2. The summed E-state index contributed by atoms with van der Waals surface area (Å²) in [5.74, 6) is 0.326. The lowest BCUT2D eigenvalue weighted by atomic mass is 10.3. The third kappa shape index (κ3) is 3.34. The molecule has 0 atom stereocenters. The molecular formula is C14H16ClN3O3. The van der Waals surface area contributed by atoms with E-state index >= 15 is 0 Å². The van der Waals surface area contributed by atoms with Gasteiger partial charge in [-0.3, -0.25) is 4.79 Å². The fraction of sp³-hybridized carbons (Fsp3) is 0.286. The second-order valence-corrected chi connectivity index (χ2v) is 4.76. The second kappa shape index (κ2) is 6.60. The molecule has 21 heavy (non-hydrogen) atoms. The smallest absolute Gasteiger partial charge is 0.275 e. The van der Waals surface area contributed by atoms with Crippen LogP contribution in [0.1, 0.15) is 12.6 Å². The van der Waals surface area contributed by atoms with Crippen LogP contribution in [-0.2, 0) is 6.54 Å². The van der Waals surface area contributed by atoms with Gasteiger partial charge in [-0.1, -0.05) is 18.5 Å². The zero-order chi connectivity index (χ0) is 15.4. The molecule has 0 saturated heterocycles. The van der Waals surface area contributed by atoms with E-state index in [4.69, 9.17) is 16.3 Å². The maximum atomic E-state index is 12.1. The van der Waals surface area contributed by atoms with Gasteiger partial charge in [0.1, 0.15) is 22.9 Å². The number of ether oxygens (including phenoxy) is 1. The first-order valence-electron chi connectivity index (χ1n) is 6.43. The van der Waals surface area contributed by atoms with E-state index in [0.717, 1.165) is 17.3 Å². The zero-order valence-electron chi connectivity index (χ0n) is 11.8. The molecule has 0 radical (unpaired) electrons. The molecular weight excluding hydrogens is 294 g/mol. The van der Waals surface area contributed by atoms with Gasteiger partial charge in [-0.05, 0) is 24.7 Å². The first-order valence-corrected chi connectivity index (χ1v) is 6.81. The van der Waals surface area contributed by atoms with Crippen molar-refractivity contribution in [3.63, 3.8) is 0 Å². The third-order valence-corrected chi connectivity index (χ3v) is 3.13. The molecule has 1 aromatic carbocycles. The number of nitrogens with one attached hydrogen (secondary N) is 1. The Hall–Kier alpha value is -2.05. The average Bonchev–Trinajstić information content (AvgIpc) is 2.46. The predicted molar refractivity (Wildman–Crippen MR) is 80.4 cm³/mol. The molecule has 0 aliphatic carbocycles. The Kier molecular flexibility index (Phi) is 4.82. The Morgan fingerprint density at radius 3 is 2.86 bits per heavy atom. The van der Waals surface area contributed by atoms with Crippen LogP contribution in [0.4, 0.5) is 0 Å². The monoisotopic (exact) mass is 309 g/mol. The highest BCUT2D eigenvalue weighted by Gasteiger charge is 2.13. The number of aromatic hydroxyl groups is 1. The Morgan fingerprint density at radius 1 is 1.43 bits per heavy atom. The molecule has 0 fully saturated rings. The van der Waals surface area contributed by atoms with Crippen molar-refractivity contribution in [3.05, 3.63) is 45.3 Å². The fourth-order valence-corrected chi connectivity index (χ4v) is 2.02. The first-order chi connectivity index (χ1) is 10.1. The van der Waals surface area contributed by atoms with Crippen LogP contribution in [0, 0.1) is 0 Å². The average molecular weight is 310 g/mol. The lowest BCUT2D eigenvalue weighted by Crippen LogP contribution is -2.24. The molecule has 0 unspecified atom stereocenters. The van der Waals surface area contributed by atoms with E-state index in [1.807, 2.05) is 6.92 Å². The zero-order valence-corrected chi connectivity index (χ0v) is 12.5. The van der Waals surface area contributed by atoms with E-state index in [1.165, 1.54) is 7.11 Å². The summed E-state index contributed by atoms with van der Waals surface area (Å²) in [6.07, 6.45) is 0. The summed E-state index contributed by atoms with van der Waals surface area (Å²) in [5.41, 5.74) is 0.333. The normalized spacial score (nSPS) is 10.6. The van der Waals surface area contributed by atoms with Gasteiger partial charge in [-0.2, -0.15) is 9.78 Å². The standard InChI is InChI=1S/C14H16ClN3O3/c1-3-16-8-10-12(19)7-14(20)18(17-10)11-6-9(15)4-5-13(11)21-2/h4-7,16,19H,3,8H2,1-2H3. The molecule has 1 heterocycles. The van der Waals surface area contributed by atoms with Gasteiger partial charge < -0.3 is 15.2 Å². The number of halogens is 1. The van der Waals surface area contributed by atoms with Gasteiger partial charge >= 0.3 is 0 Å². The summed E-state index contributed by atoms with van der Waals surface area (Å²) in [6.45, 7) is 3.01. The highest BCUT2D eigenvalue weighted by Crippen LogP contribution is 2.25. The minimum Gasteiger partial charge on any atom is -0.506 e. The van der Waals surface area contributed by atoms with Gasteiger partial charge in [0.25, 0.3) is 5.56 Å². The molecule has 0 aliphatic rings. The van der Waals surface area contributed by atoms with E-state index in [-0.39, 0.29) is 5.75 Å². The van der Waals surface area contributed by atoms with Gasteiger partial charge in [0.2, 0.25) is 0 Å². The topological polar surface area (TPSA) is 76.4 Å². The van der Waals surface area contributed by atoms with Crippen LogP contribution in [0.15, 0.2) is 29.1 Å². The van der Waals surface area contributed by atoms with E-state index in [2.05, 4.69) is 10.4 Å². The Morgan fingerprint density at radius 2 is 2.19 bits per heavy atom. The van der Waals surface area contributed by atoms with Crippen LogP contribution in [0.25, 0.3) is 5.69 Å². The minimum atomic E-state index is -0.465. The lowest BCUT2D eigenvalue weighted by Gasteiger charge is -2.12. The van der Waals surface area contributed by atoms with Crippen molar-refractivity contribution in [2.24, 2.45) is 0 Å². The molecule has 0 spiro atoms. The van der Waals surface area contributed by atoms with Gasteiger partial charge in [-0.15, -0.1) is 0 Å². The van der Waals surface area contributed by atoms with Crippen LogP contribution in [0.2, 0.25) is 5.02 Å². The summed E-state index contributed by atoms with van der Waals surface area (Å²) in [6, 6.07) is 6.03. The Balaban J connectivity index is 2.58. The molecule has 0 amide bonds. The number of hydrogen-bond acceptors (Lipinski definition) is 5. The molecule has 6 nitrogen and oxygen atoms in total. The largest absolute Gasteiger partial charge is 0.506 e. The molecule has 2 aromatic rings. The highest BCUT2D eigenvalue weighted by atomic mass is 35.5. The highest BCUT2D eigenvalue weighted by molar-refractivity contribution is 6.30. The van der Waals surface area contributed by atoms with Crippen molar-refractivity contribution in [3.8, 4) is 17.2 Å². The number of benzene rings is 1. The van der Waals surface area contributed by atoms with Crippen LogP contribution in [0.5, 0.6) is 11.5 Å². The summed E-state index contributed by atoms with van der Waals surface area (Å²) in [4.78, 5) is 12.1. The number of rotatable bonds is 5. The van der Waals surface area contributed by atoms with Crippen LogP contribution in [0.3, 0.4) is 0 Å². The molecule has 112 valence electrons. The van der Waals surface area contributed by atoms with Crippen LogP contribution >= 0.6 is 11.6 Å².